The maximum atomic E-state index is 11.8. The number of rotatable bonds is 3. The Morgan fingerprint density at radius 3 is 2.68 bits per heavy atom. The van der Waals surface area contributed by atoms with Gasteiger partial charge in [0.15, 0.2) is 5.69 Å². The smallest absolute Gasteiger partial charge is 0.354 e. The Labute approximate surface area is 106 Å². The number of carbonyl (C=O) groups excluding carboxylic acids is 1. The Morgan fingerprint density at radius 2 is 2.00 bits per heavy atom. The van der Waals surface area contributed by atoms with Crippen molar-refractivity contribution in [3.05, 3.63) is 58.1 Å². The van der Waals surface area contributed by atoms with E-state index in [1.54, 1.807) is 0 Å². The van der Waals surface area contributed by atoms with E-state index in [2.05, 4.69) is 15.3 Å². The largest absolute Gasteiger partial charge is 0.477 e. The molecule has 0 aromatic carbocycles. The standard InChI is InChI=1S/C12H9N3O4/c16-10-7(3-2-6-13-10)11(17)15-9-5-1-4-8(14-9)12(18)19/h1-6H,(H,13,16)(H,18,19)(H,14,15,17). The molecule has 0 unspecified atom stereocenters. The zero-order valence-corrected chi connectivity index (χ0v) is 9.58. The molecule has 0 radical (unpaired) electrons. The SMILES string of the molecule is O=C(O)c1cccc(NC(=O)c2ccc[nH]c2=O)n1. The van der Waals surface area contributed by atoms with Crippen molar-refractivity contribution in [2.75, 3.05) is 5.32 Å². The highest BCUT2D eigenvalue weighted by molar-refractivity contribution is 6.03. The second kappa shape index (κ2) is 5.13. The van der Waals surface area contributed by atoms with Crippen LogP contribution in [0.1, 0.15) is 20.8 Å². The summed E-state index contributed by atoms with van der Waals surface area (Å²) in [4.78, 5) is 40.0. The number of carboxylic acid groups (broad SMARTS) is 1. The second-order valence-corrected chi connectivity index (χ2v) is 3.58. The third-order valence-corrected chi connectivity index (χ3v) is 2.27. The van der Waals surface area contributed by atoms with Crippen LogP contribution in [0.5, 0.6) is 0 Å². The molecule has 2 heterocycles. The van der Waals surface area contributed by atoms with Gasteiger partial charge in [0.05, 0.1) is 0 Å². The Hall–Kier alpha value is -2.96. The van der Waals surface area contributed by atoms with Gasteiger partial charge in [0, 0.05) is 6.20 Å². The number of anilines is 1. The minimum Gasteiger partial charge on any atom is -0.477 e. The molecule has 0 saturated carbocycles. The first-order valence-electron chi connectivity index (χ1n) is 5.27. The van der Waals surface area contributed by atoms with Gasteiger partial charge in [0.1, 0.15) is 11.4 Å². The average Bonchev–Trinajstić information content (AvgIpc) is 2.39. The minimum atomic E-state index is -1.20. The number of aromatic amines is 1. The van der Waals surface area contributed by atoms with Crippen LogP contribution in [0.2, 0.25) is 0 Å². The minimum absolute atomic E-state index is 0.0631. The van der Waals surface area contributed by atoms with Crippen LogP contribution in [0.25, 0.3) is 0 Å². The van der Waals surface area contributed by atoms with Gasteiger partial charge in [-0.3, -0.25) is 9.59 Å². The van der Waals surface area contributed by atoms with Gasteiger partial charge >= 0.3 is 5.97 Å². The highest BCUT2D eigenvalue weighted by Gasteiger charge is 2.11. The molecule has 0 fully saturated rings. The fourth-order valence-electron chi connectivity index (χ4n) is 1.41. The molecule has 0 aliphatic carbocycles. The normalized spacial score (nSPS) is 9.89. The van der Waals surface area contributed by atoms with Crippen molar-refractivity contribution < 1.29 is 14.7 Å². The number of hydrogen-bond donors (Lipinski definition) is 3. The summed E-state index contributed by atoms with van der Waals surface area (Å²) >= 11 is 0. The molecule has 0 aliphatic rings. The summed E-state index contributed by atoms with van der Waals surface area (Å²) < 4.78 is 0. The molecule has 7 heteroatoms. The third kappa shape index (κ3) is 2.83. The van der Waals surface area contributed by atoms with Gasteiger partial charge in [-0.2, -0.15) is 0 Å². The number of amides is 1. The second-order valence-electron chi connectivity index (χ2n) is 3.58. The van der Waals surface area contributed by atoms with Gasteiger partial charge in [0.2, 0.25) is 0 Å². The molecule has 2 aromatic rings. The monoisotopic (exact) mass is 259 g/mol. The summed E-state index contributed by atoms with van der Waals surface area (Å²) in [6.45, 7) is 0. The number of H-pyrrole nitrogens is 1. The maximum absolute atomic E-state index is 11.8. The molecule has 0 saturated heterocycles. The molecule has 2 aromatic heterocycles. The number of carboxylic acids is 1. The molecule has 0 bridgehead atoms. The first kappa shape index (κ1) is 12.5. The lowest BCUT2D eigenvalue weighted by molar-refractivity contribution is 0.0690. The molecule has 96 valence electrons. The molecule has 2 rings (SSSR count). The summed E-state index contributed by atoms with van der Waals surface area (Å²) in [5.41, 5.74) is -0.806. The number of pyridine rings is 2. The Kier molecular flexibility index (Phi) is 3.37. The molecular formula is C12H9N3O4. The van der Waals surface area contributed by atoms with E-state index in [-0.39, 0.29) is 17.1 Å². The van der Waals surface area contributed by atoms with Gasteiger partial charge in [0.25, 0.3) is 11.5 Å². The summed E-state index contributed by atoms with van der Waals surface area (Å²) in [7, 11) is 0. The lowest BCUT2D eigenvalue weighted by atomic mass is 10.2. The van der Waals surface area contributed by atoms with Crippen molar-refractivity contribution in [1.82, 2.24) is 9.97 Å². The number of nitrogens with one attached hydrogen (secondary N) is 2. The zero-order valence-electron chi connectivity index (χ0n) is 9.58. The average molecular weight is 259 g/mol. The fourth-order valence-corrected chi connectivity index (χ4v) is 1.41. The Bertz CT molecular complexity index is 693. The number of aromatic carboxylic acids is 1. The topological polar surface area (TPSA) is 112 Å². The maximum Gasteiger partial charge on any atom is 0.354 e. The molecule has 1 amide bonds. The number of aromatic nitrogens is 2. The first-order valence-corrected chi connectivity index (χ1v) is 5.27. The molecular weight excluding hydrogens is 250 g/mol. The van der Waals surface area contributed by atoms with Crippen molar-refractivity contribution in [2.24, 2.45) is 0 Å². The molecule has 3 N–H and O–H groups in total. The van der Waals surface area contributed by atoms with Gasteiger partial charge in [-0.25, -0.2) is 9.78 Å². The van der Waals surface area contributed by atoms with E-state index in [4.69, 9.17) is 5.11 Å². The summed E-state index contributed by atoms with van der Waals surface area (Å²) in [6, 6.07) is 7.04. The van der Waals surface area contributed by atoms with Crippen LogP contribution < -0.4 is 10.9 Å². The Morgan fingerprint density at radius 1 is 1.21 bits per heavy atom. The predicted molar refractivity (Wildman–Crippen MR) is 66.2 cm³/mol. The van der Waals surface area contributed by atoms with E-state index in [0.29, 0.717) is 0 Å². The van der Waals surface area contributed by atoms with Crippen molar-refractivity contribution >= 4 is 17.7 Å². The Balaban J connectivity index is 2.25. The van der Waals surface area contributed by atoms with Crippen LogP contribution in [0.15, 0.2) is 41.3 Å². The molecule has 7 nitrogen and oxygen atoms in total. The first-order chi connectivity index (χ1) is 9.08. The summed E-state index contributed by atoms with van der Waals surface area (Å²) in [6.07, 6.45) is 1.41. The van der Waals surface area contributed by atoms with Gasteiger partial charge < -0.3 is 15.4 Å². The highest BCUT2D eigenvalue weighted by Crippen LogP contribution is 2.06. The molecule has 0 spiro atoms. The molecule has 19 heavy (non-hydrogen) atoms. The lowest BCUT2D eigenvalue weighted by Gasteiger charge is -2.04. The number of nitrogens with zero attached hydrogens (tertiary/aromatic N) is 1. The van der Waals surface area contributed by atoms with E-state index in [0.717, 1.165) is 0 Å². The van der Waals surface area contributed by atoms with E-state index in [9.17, 15) is 14.4 Å². The highest BCUT2D eigenvalue weighted by atomic mass is 16.4. The fraction of sp³-hybridized carbons (Fsp3) is 0. The van der Waals surface area contributed by atoms with Crippen LogP contribution in [0, 0.1) is 0 Å². The zero-order chi connectivity index (χ0) is 13.8. The van der Waals surface area contributed by atoms with Gasteiger partial charge in [-0.1, -0.05) is 6.07 Å². The van der Waals surface area contributed by atoms with E-state index in [1.165, 1.54) is 36.5 Å². The van der Waals surface area contributed by atoms with Crippen LogP contribution in [0.4, 0.5) is 5.82 Å². The van der Waals surface area contributed by atoms with Gasteiger partial charge in [-0.15, -0.1) is 0 Å². The van der Waals surface area contributed by atoms with Crippen molar-refractivity contribution in [3.8, 4) is 0 Å². The lowest BCUT2D eigenvalue weighted by Crippen LogP contribution is -2.23. The summed E-state index contributed by atoms with van der Waals surface area (Å²) in [5, 5.41) is 11.1. The number of hydrogen-bond acceptors (Lipinski definition) is 4. The van der Waals surface area contributed by atoms with Crippen molar-refractivity contribution in [1.29, 1.82) is 0 Å². The molecule has 0 aliphatic heterocycles. The van der Waals surface area contributed by atoms with Crippen LogP contribution >= 0.6 is 0 Å². The van der Waals surface area contributed by atoms with Crippen LogP contribution in [-0.4, -0.2) is 27.0 Å². The quantitative estimate of drug-likeness (QED) is 0.751. The third-order valence-electron chi connectivity index (χ3n) is 2.27. The van der Waals surface area contributed by atoms with Crippen molar-refractivity contribution in [2.45, 2.75) is 0 Å². The van der Waals surface area contributed by atoms with Gasteiger partial charge in [-0.05, 0) is 24.3 Å². The van der Waals surface area contributed by atoms with E-state index >= 15 is 0 Å². The summed E-state index contributed by atoms with van der Waals surface area (Å²) in [5.74, 6) is -1.79. The predicted octanol–water partition coefficient (Wildman–Crippen LogP) is 0.720. The van der Waals surface area contributed by atoms with E-state index in [1.807, 2.05) is 0 Å². The van der Waals surface area contributed by atoms with Crippen LogP contribution in [0.3, 0.4) is 0 Å². The van der Waals surface area contributed by atoms with E-state index < -0.39 is 17.4 Å². The number of carbonyl (C=O) groups is 2. The van der Waals surface area contributed by atoms with Crippen molar-refractivity contribution in [3.63, 3.8) is 0 Å². The molecule has 0 atom stereocenters. The van der Waals surface area contributed by atoms with Crippen LogP contribution in [-0.2, 0) is 0 Å².